The number of guanidine groups is 1. The topological polar surface area (TPSA) is 27.6 Å². The molecule has 0 aliphatic heterocycles. The van der Waals surface area contributed by atoms with Gasteiger partial charge in [-0.1, -0.05) is 24.3 Å². The maximum Gasteiger partial charge on any atom is 0.193 e. The lowest BCUT2D eigenvalue weighted by atomic mass is 10.1. The minimum Gasteiger partial charge on any atom is -0.357 e. The van der Waals surface area contributed by atoms with E-state index in [1.807, 2.05) is 11.8 Å². The predicted octanol–water partition coefficient (Wildman–Crippen LogP) is 3.15. The second kappa shape index (κ2) is 9.70. The Bertz CT molecular complexity index is 418. The van der Waals surface area contributed by atoms with Gasteiger partial charge < -0.3 is 10.2 Å². The molecule has 0 saturated carbocycles. The fraction of sp³-hybridized carbons (Fsp3) is 0.562. The van der Waals surface area contributed by atoms with Crippen molar-refractivity contribution in [1.82, 2.24) is 10.2 Å². The van der Waals surface area contributed by atoms with Gasteiger partial charge in [0.25, 0.3) is 0 Å². The van der Waals surface area contributed by atoms with E-state index in [0.29, 0.717) is 0 Å². The maximum absolute atomic E-state index is 4.69. The summed E-state index contributed by atoms with van der Waals surface area (Å²) >= 11 is 1.88. The Hall–Kier alpha value is -1.16. The van der Waals surface area contributed by atoms with Crippen LogP contribution in [0.5, 0.6) is 0 Å². The van der Waals surface area contributed by atoms with Gasteiger partial charge in [-0.3, -0.25) is 4.99 Å². The highest BCUT2D eigenvalue weighted by Gasteiger charge is 2.07. The largest absolute Gasteiger partial charge is 0.357 e. The van der Waals surface area contributed by atoms with E-state index in [0.717, 1.165) is 32.0 Å². The van der Waals surface area contributed by atoms with E-state index in [1.165, 1.54) is 16.9 Å². The molecule has 0 fully saturated rings. The fourth-order valence-electron chi connectivity index (χ4n) is 1.98. The molecule has 0 unspecified atom stereocenters. The summed E-state index contributed by atoms with van der Waals surface area (Å²) in [5.41, 5.74) is 2.68. The molecule has 20 heavy (non-hydrogen) atoms. The van der Waals surface area contributed by atoms with Crippen LogP contribution in [0.3, 0.4) is 0 Å². The summed E-state index contributed by atoms with van der Waals surface area (Å²) in [7, 11) is 2.10. The third kappa shape index (κ3) is 5.87. The first-order valence-electron chi connectivity index (χ1n) is 7.22. The van der Waals surface area contributed by atoms with E-state index in [1.54, 1.807) is 0 Å². The average molecular weight is 293 g/mol. The molecule has 4 heteroatoms. The number of thioether (sulfide) groups is 1. The molecular formula is C16H27N3S. The van der Waals surface area contributed by atoms with Gasteiger partial charge in [0.15, 0.2) is 5.96 Å². The molecule has 0 bridgehead atoms. The third-order valence-electron chi connectivity index (χ3n) is 3.13. The molecule has 112 valence electrons. The molecule has 1 N–H and O–H groups in total. The number of nitrogens with zero attached hydrogens (tertiary/aromatic N) is 2. The molecule has 1 aromatic rings. The second-order valence-corrected chi connectivity index (χ2v) is 5.85. The van der Waals surface area contributed by atoms with Gasteiger partial charge in [0.2, 0.25) is 0 Å². The molecule has 0 atom stereocenters. The van der Waals surface area contributed by atoms with Crippen LogP contribution in [-0.2, 0) is 6.54 Å². The summed E-state index contributed by atoms with van der Waals surface area (Å²) in [4.78, 5) is 6.89. The molecule has 1 aromatic carbocycles. The van der Waals surface area contributed by atoms with Gasteiger partial charge in [0.1, 0.15) is 0 Å². The zero-order valence-corrected chi connectivity index (χ0v) is 14.0. The van der Waals surface area contributed by atoms with Crippen LogP contribution >= 0.6 is 11.8 Å². The quantitative estimate of drug-likeness (QED) is 0.475. The summed E-state index contributed by atoms with van der Waals surface area (Å²) in [6.45, 7) is 6.95. The van der Waals surface area contributed by atoms with Crippen LogP contribution in [0.4, 0.5) is 0 Å². The highest BCUT2D eigenvalue weighted by molar-refractivity contribution is 7.98. The zero-order chi connectivity index (χ0) is 14.8. The first-order chi connectivity index (χ1) is 9.69. The molecule has 0 amide bonds. The molecule has 0 spiro atoms. The van der Waals surface area contributed by atoms with Gasteiger partial charge in [-0.25, -0.2) is 0 Å². The minimum atomic E-state index is 0.890. The number of aryl methyl sites for hydroxylation is 1. The molecule has 0 radical (unpaired) electrons. The van der Waals surface area contributed by atoms with Gasteiger partial charge in [0, 0.05) is 26.7 Å². The Morgan fingerprint density at radius 1 is 1.35 bits per heavy atom. The smallest absolute Gasteiger partial charge is 0.193 e. The van der Waals surface area contributed by atoms with Gasteiger partial charge in [0.05, 0.1) is 0 Å². The van der Waals surface area contributed by atoms with Crippen LogP contribution in [-0.4, -0.2) is 43.0 Å². The van der Waals surface area contributed by atoms with E-state index in [2.05, 4.69) is 61.6 Å². The third-order valence-corrected chi connectivity index (χ3v) is 3.83. The monoisotopic (exact) mass is 293 g/mol. The second-order valence-electron chi connectivity index (χ2n) is 4.86. The van der Waals surface area contributed by atoms with E-state index in [9.17, 15) is 0 Å². The molecule has 3 nitrogen and oxygen atoms in total. The summed E-state index contributed by atoms with van der Waals surface area (Å²) in [5, 5.41) is 3.37. The zero-order valence-electron chi connectivity index (χ0n) is 13.1. The van der Waals surface area contributed by atoms with Gasteiger partial charge >= 0.3 is 0 Å². The van der Waals surface area contributed by atoms with Gasteiger partial charge in [-0.05, 0) is 43.4 Å². The van der Waals surface area contributed by atoms with Crippen LogP contribution in [0.2, 0.25) is 0 Å². The molecule has 0 aliphatic rings. The predicted molar refractivity (Wildman–Crippen MR) is 91.6 cm³/mol. The van der Waals surface area contributed by atoms with Crippen LogP contribution < -0.4 is 5.32 Å². The van der Waals surface area contributed by atoms with Crippen molar-refractivity contribution in [2.24, 2.45) is 4.99 Å². The average Bonchev–Trinajstić information content (AvgIpc) is 2.44. The number of aliphatic imine (C=N–C) groups is 1. The fourth-order valence-corrected chi connectivity index (χ4v) is 2.40. The number of nitrogens with one attached hydrogen (secondary N) is 1. The van der Waals surface area contributed by atoms with Crippen molar-refractivity contribution in [2.45, 2.75) is 26.8 Å². The molecular weight excluding hydrogens is 266 g/mol. The highest BCUT2D eigenvalue weighted by atomic mass is 32.2. The van der Waals surface area contributed by atoms with Crippen molar-refractivity contribution in [3.63, 3.8) is 0 Å². The number of hydrogen-bond acceptors (Lipinski definition) is 2. The lowest BCUT2D eigenvalue weighted by Crippen LogP contribution is -2.38. The standard InChI is InChI=1S/C16H27N3S/c1-5-17-16(18-11-8-12-20-4)19(3)13-15-10-7-6-9-14(15)2/h6-7,9-10H,5,8,11-13H2,1-4H3,(H,17,18). The van der Waals surface area contributed by atoms with Crippen LogP contribution in [0, 0.1) is 6.92 Å². The van der Waals surface area contributed by atoms with Gasteiger partial charge in [-0.2, -0.15) is 11.8 Å². The summed E-state index contributed by atoms with van der Waals surface area (Å²) in [6, 6.07) is 8.52. The van der Waals surface area contributed by atoms with Crippen LogP contribution in [0.15, 0.2) is 29.3 Å². The normalized spacial score (nSPS) is 11.5. The molecule has 1 rings (SSSR count). The number of benzene rings is 1. The van der Waals surface area contributed by atoms with Crippen molar-refractivity contribution in [3.8, 4) is 0 Å². The minimum absolute atomic E-state index is 0.890. The summed E-state index contributed by atoms with van der Waals surface area (Å²) in [6.07, 6.45) is 3.27. The Morgan fingerprint density at radius 3 is 2.75 bits per heavy atom. The van der Waals surface area contributed by atoms with Crippen LogP contribution in [0.25, 0.3) is 0 Å². The highest BCUT2D eigenvalue weighted by Crippen LogP contribution is 2.09. The van der Waals surface area contributed by atoms with Crippen molar-refractivity contribution in [2.75, 3.05) is 32.1 Å². The maximum atomic E-state index is 4.69. The van der Waals surface area contributed by atoms with Crippen molar-refractivity contribution < 1.29 is 0 Å². The van der Waals surface area contributed by atoms with Crippen molar-refractivity contribution >= 4 is 17.7 Å². The Kier molecular flexibility index (Phi) is 8.19. The van der Waals surface area contributed by atoms with E-state index in [-0.39, 0.29) is 0 Å². The van der Waals surface area contributed by atoms with Crippen LogP contribution in [0.1, 0.15) is 24.5 Å². The first-order valence-corrected chi connectivity index (χ1v) is 8.61. The van der Waals surface area contributed by atoms with Crippen molar-refractivity contribution in [1.29, 1.82) is 0 Å². The number of hydrogen-bond donors (Lipinski definition) is 1. The lowest BCUT2D eigenvalue weighted by molar-refractivity contribution is 0.475. The Morgan fingerprint density at radius 2 is 2.10 bits per heavy atom. The van der Waals surface area contributed by atoms with Crippen molar-refractivity contribution in [3.05, 3.63) is 35.4 Å². The Labute approximate surface area is 127 Å². The number of rotatable bonds is 7. The molecule has 0 heterocycles. The molecule has 0 aromatic heterocycles. The van der Waals surface area contributed by atoms with E-state index >= 15 is 0 Å². The summed E-state index contributed by atoms with van der Waals surface area (Å²) in [5.74, 6) is 2.17. The molecule has 0 saturated heterocycles. The first kappa shape index (κ1) is 16.9. The summed E-state index contributed by atoms with van der Waals surface area (Å²) < 4.78 is 0. The SMILES string of the molecule is CCNC(=NCCCSC)N(C)Cc1ccccc1C. The van der Waals surface area contributed by atoms with E-state index < -0.39 is 0 Å². The van der Waals surface area contributed by atoms with Gasteiger partial charge in [-0.15, -0.1) is 0 Å². The Balaban J connectivity index is 2.63. The lowest BCUT2D eigenvalue weighted by Gasteiger charge is -2.23. The van der Waals surface area contributed by atoms with E-state index in [4.69, 9.17) is 4.99 Å². The molecule has 0 aliphatic carbocycles.